The molecule has 0 radical (unpaired) electrons. The highest BCUT2D eigenvalue weighted by atomic mass is 19.4. The number of cyclic esters (lactones) is 1. The lowest BCUT2D eigenvalue weighted by Crippen LogP contribution is -2.57. The number of alkyl halides is 5. The predicted molar refractivity (Wildman–Crippen MR) is 167 cm³/mol. The third-order valence-electron chi connectivity index (χ3n) is 8.57. The van der Waals surface area contributed by atoms with E-state index in [0.717, 1.165) is 12.1 Å². The highest BCUT2D eigenvalue weighted by molar-refractivity contribution is 5.89. The maximum absolute atomic E-state index is 13.8. The molecule has 256 valence electrons. The van der Waals surface area contributed by atoms with Gasteiger partial charge in [-0.1, -0.05) is 17.7 Å². The van der Waals surface area contributed by atoms with Crippen LogP contribution in [-0.4, -0.2) is 69.2 Å². The maximum Gasteiger partial charge on any atom is 0.416 e. The number of carboxylic acid groups (broad SMARTS) is 1. The van der Waals surface area contributed by atoms with Crippen LogP contribution in [-0.2, 0) is 17.5 Å². The smallest absolute Gasteiger partial charge is 0.416 e. The molecule has 6 rings (SSSR count). The molecule has 4 aromatic rings. The molecule has 0 aliphatic carbocycles. The van der Waals surface area contributed by atoms with Crippen molar-refractivity contribution in [1.82, 2.24) is 19.9 Å². The topological polar surface area (TPSA) is 118 Å². The van der Waals surface area contributed by atoms with Crippen LogP contribution in [0.15, 0.2) is 54.9 Å². The minimum absolute atomic E-state index is 0.00173. The van der Waals surface area contributed by atoms with Gasteiger partial charge in [0.25, 0.3) is 5.92 Å². The summed E-state index contributed by atoms with van der Waals surface area (Å²) in [5.41, 5.74) is 2.64. The second kappa shape index (κ2) is 12.3. The number of hydrogen-bond donors (Lipinski definition) is 1. The fourth-order valence-electron chi connectivity index (χ4n) is 6.10. The van der Waals surface area contributed by atoms with Crippen molar-refractivity contribution in [3.05, 3.63) is 88.4 Å². The van der Waals surface area contributed by atoms with E-state index in [9.17, 15) is 36.6 Å². The van der Waals surface area contributed by atoms with Crippen LogP contribution in [0.2, 0.25) is 0 Å². The number of carbonyl (C=O) groups is 2. The average molecular weight is 684 g/mol. The number of aromatic nitrogens is 3. The lowest BCUT2D eigenvalue weighted by atomic mass is 9.96. The van der Waals surface area contributed by atoms with Gasteiger partial charge >= 0.3 is 18.2 Å². The normalized spacial score (nSPS) is 18.7. The fourth-order valence-corrected chi connectivity index (χ4v) is 6.10. The molecule has 4 heterocycles. The van der Waals surface area contributed by atoms with E-state index < -0.39 is 55.0 Å². The number of pyridine rings is 1. The van der Waals surface area contributed by atoms with Gasteiger partial charge < -0.3 is 19.5 Å². The van der Waals surface area contributed by atoms with Crippen molar-refractivity contribution >= 4 is 18.0 Å². The summed E-state index contributed by atoms with van der Waals surface area (Å²) in [4.78, 5) is 40.7. The van der Waals surface area contributed by atoms with Crippen LogP contribution >= 0.6 is 0 Å². The Kier molecular flexibility index (Phi) is 8.41. The number of carbonyl (C=O) groups excluding carboxylic acids is 1. The molecule has 2 aliphatic rings. The summed E-state index contributed by atoms with van der Waals surface area (Å²) < 4.78 is 79.6. The number of rotatable bonds is 8. The lowest BCUT2D eigenvalue weighted by Gasteiger charge is -2.38. The van der Waals surface area contributed by atoms with Gasteiger partial charge in [0.1, 0.15) is 6.10 Å². The molecule has 1 N–H and O–H groups in total. The van der Waals surface area contributed by atoms with E-state index in [-0.39, 0.29) is 35.2 Å². The van der Waals surface area contributed by atoms with E-state index in [1.165, 1.54) is 48.2 Å². The Bertz CT molecular complexity index is 1960. The van der Waals surface area contributed by atoms with E-state index in [2.05, 4.69) is 15.0 Å². The summed E-state index contributed by atoms with van der Waals surface area (Å²) in [5, 5.41) is 9.40. The van der Waals surface area contributed by atoms with E-state index in [1.807, 2.05) is 0 Å². The SMILES string of the molecule is COc1ncc(-c2ccc(C(=O)O)cc2C)cc1-c1cnc(N2CC(F)(F)C2)nc1CN1C(=O)O[C@H](c2cc(C)cc(C(F)(F)F)c2)[C@@H]1C. The van der Waals surface area contributed by atoms with Gasteiger partial charge in [-0.15, -0.1) is 0 Å². The van der Waals surface area contributed by atoms with Crippen LogP contribution in [0.5, 0.6) is 5.88 Å². The molecule has 10 nitrogen and oxygen atoms in total. The molecule has 2 aromatic heterocycles. The van der Waals surface area contributed by atoms with Crippen LogP contribution in [0.1, 0.15) is 51.3 Å². The Morgan fingerprint density at radius 3 is 2.41 bits per heavy atom. The average Bonchev–Trinajstić information content (AvgIpc) is 3.31. The number of hydrogen-bond acceptors (Lipinski definition) is 8. The molecule has 0 spiro atoms. The Morgan fingerprint density at radius 2 is 1.78 bits per heavy atom. The van der Waals surface area contributed by atoms with Gasteiger partial charge in [0.15, 0.2) is 0 Å². The third-order valence-corrected chi connectivity index (χ3v) is 8.57. The van der Waals surface area contributed by atoms with Gasteiger partial charge in [-0.3, -0.25) is 4.90 Å². The molecular formula is C34H30F5N5O5. The molecule has 2 fully saturated rings. The van der Waals surface area contributed by atoms with Crippen LogP contribution in [0.25, 0.3) is 22.3 Å². The van der Waals surface area contributed by atoms with Crippen LogP contribution in [0.4, 0.5) is 32.7 Å². The zero-order valence-corrected chi connectivity index (χ0v) is 26.7. The summed E-state index contributed by atoms with van der Waals surface area (Å²) >= 11 is 0. The molecule has 15 heteroatoms. The van der Waals surface area contributed by atoms with Crippen molar-refractivity contribution in [2.75, 3.05) is 25.1 Å². The molecule has 0 saturated carbocycles. The summed E-state index contributed by atoms with van der Waals surface area (Å²) in [6.07, 6.45) is -3.49. The molecular weight excluding hydrogens is 653 g/mol. The second-order valence-electron chi connectivity index (χ2n) is 12.2. The summed E-state index contributed by atoms with van der Waals surface area (Å²) in [6.45, 7) is 3.48. The van der Waals surface area contributed by atoms with E-state index in [0.29, 0.717) is 33.4 Å². The van der Waals surface area contributed by atoms with Crippen LogP contribution < -0.4 is 9.64 Å². The number of benzene rings is 2. The molecule has 2 saturated heterocycles. The highest BCUT2D eigenvalue weighted by Crippen LogP contribution is 2.40. The first-order valence-electron chi connectivity index (χ1n) is 15.1. The number of aryl methyl sites for hydroxylation is 2. The van der Waals surface area contributed by atoms with Crippen molar-refractivity contribution in [2.45, 2.75) is 51.6 Å². The van der Waals surface area contributed by atoms with Gasteiger partial charge in [-0.05, 0) is 67.8 Å². The summed E-state index contributed by atoms with van der Waals surface area (Å²) in [5.74, 6) is -3.84. The quantitative estimate of drug-likeness (QED) is 0.194. The van der Waals surface area contributed by atoms with Gasteiger partial charge in [0, 0.05) is 29.1 Å². The maximum atomic E-state index is 13.8. The Labute approximate surface area is 277 Å². The number of anilines is 1. The van der Waals surface area contributed by atoms with Gasteiger partial charge in [0.2, 0.25) is 11.8 Å². The number of carboxylic acids is 1. The standard InChI is InChI=1S/C34H30F5N5O5/c1-17-7-21(10-23(8-17)34(37,38)39)28-19(3)44(32(47)49-28)14-27-26(13-41-31(42-27)43-15-33(35,36)16-43)25-11-22(12-40-29(25)48-4)24-6-5-20(30(45)46)9-18(24)2/h5-13,19,28H,14-16H2,1-4H3,(H,45,46)/t19-,28-/m0/s1. The largest absolute Gasteiger partial charge is 0.481 e. The Balaban J connectivity index is 1.41. The number of amides is 1. The van der Waals surface area contributed by atoms with Crippen molar-refractivity contribution in [3.63, 3.8) is 0 Å². The molecule has 49 heavy (non-hydrogen) atoms. The number of aromatic carboxylic acids is 1. The monoisotopic (exact) mass is 683 g/mol. The van der Waals surface area contributed by atoms with Crippen molar-refractivity contribution in [2.24, 2.45) is 0 Å². The summed E-state index contributed by atoms with van der Waals surface area (Å²) in [7, 11) is 1.40. The zero-order valence-electron chi connectivity index (χ0n) is 26.7. The molecule has 0 unspecified atom stereocenters. The molecule has 2 aromatic carbocycles. The highest BCUT2D eigenvalue weighted by Gasteiger charge is 2.46. The number of ether oxygens (including phenoxy) is 2. The van der Waals surface area contributed by atoms with Crippen LogP contribution in [0, 0.1) is 13.8 Å². The first-order valence-corrected chi connectivity index (χ1v) is 15.1. The van der Waals surface area contributed by atoms with Gasteiger partial charge in [-0.25, -0.2) is 33.3 Å². The minimum atomic E-state index is -4.61. The number of halogens is 5. The number of nitrogens with zero attached hydrogens (tertiary/aromatic N) is 5. The third kappa shape index (κ3) is 6.56. The van der Waals surface area contributed by atoms with Crippen LogP contribution in [0.3, 0.4) is 0 Å². The number of methoxy groups -OCH3 is 1. The summed E-state index contributed by atoms with van der Waals surface area (Å²) in [6, 6.07) is 9.10. The molecule has 2 aliphatic heterocycles. The minimum Gasteiger partial charge on any atom is -0.481 e. The van der Waals surface area contributed by atoms with Gasteiger partial charge in [-0.2, -0.15) is 13.2 Å². The molecule has 0 bridgehead atoms. The molecule has 1 amide bonds. The Hall–Kier alpha value is -5.34. The predicted octanol–water partition coefficient (Wildman–Crippen LogP) is 7.09. The second-order valence-corrected chi connectivity index (χ2v) is 12.2. The Morgan fingerprint density at radius 1 is 1.04 bits per heavy atom. The van der Waals surface area contributed by atoms with Crippen molar-refractivity contribution in [1.29, 1.82) is 0 Å². The fraction of sp³-hybridized carbons (Fsp3) is 0.324. The zero-order chi connectivity index (χ0) is 35.4. The van der Waals surface area contributed by atoms with E-state index in [1.54, 1.807) is 32.2 Å². The lowest BCUT2D eigenvalue weighted by molar-refractivity contribution is -0.137. The van der Waals surface area contributed by atoms with E-state index >= 15 is 0 Å². The van der Waals surface area contributed by atoms with Crippen molar-refractivity contribution < 1.29 is 46.1 Å². The van der Waals surface area contributed by atoms with Crippen molar-refractivity contribution in [3.8, 4) is 28.1 Å². The van der Waals surface area contributed by atoms with Gasteiger partial charge in [0.05, 0.1) is 49.6 Å². The first-order chi connectivity index (χ1) is 23.0. The van der Waals surface area contributed by atoms with E-state index in [4.69, 9.17) is 9.47 Å². The first kappa shape index (κ1) is 33.6. The molecule has 2 atom stereocenters.